The summed E-state index contributed by atoms with van der Waals surface area (Å²) >= 11 is 3.27. The van der Waals surface area contributed by atoms with Crippen LogP contribution in [0.5, 0.6) is 0 Å². The number of halogens is 1. The van der Waals surface area contributed by atoms with Gasteiger partial charge >= 0.3 is 0 Å². The first-order valence-corrected chi connectivity index (χ1v) is 5.02. The summed E-state index contributed by atoms with van der Waals surface area (Å²) in [5.41, 5.74) is 5.93. The Hall–Kier alpha value is -1.37. The second-order valence-corrected chi connectivity index (χ2v) is 3.40. The van der Waals surface area contributed by atoms with Crippen molar-refractivity contribution in [2.24, 2.45) is 7.05 Å². The molecule has 0 saturated carbocycles. The van der Waals surface area contributed by atoms with Crippen LogP contribution in [0.4, 0.5) is 5.95 Å². The number of aryl methyl sites for hydroxylation is 1. The molecule has 6 nitrogen and oxygen atoms in total. The number of rotatable bonds is 1. The molecule has 0 aliphatic carbocycles. The number of H-pyrrole nitrogens is 1. The Bertz CT molecular complexity index is 543. The van der Waals surface area contributed by atoms with Crippen LogP contribution >= 0.6 is 15.9 Å². The molecule has 2 aromatic rings. The third-order valence-corrected chi connectivity index (χ3v) is 2.46. The lowest BCUT2D eigenvalue weighted by Crippen LogP contribution is -2.11. The van der Waals surface area contributed by atoms with Crippen molar-refractivity contribution in [3.8, 4) is 0 Å². The number of nitrogens with zero attached hydrogens (tertiary/aromatic N) is 3. The van der Waals surface area contributed by atoms with Gasteiger partial charge in [0.1, 0.15) is 5.82 Å². The zero-order valence-electron chi connectivity index (χ0n) is 7.41. The van der Waals surface area contributed by atoms with Crippen molar-refractivity contribution in [2.45, 2.75) is 5.33 Å². The van der Waals surface area contributed by atoms with E-state index in [1.54, 1.807) is 11.6 Å². The van der Waals surface area contributed by atoms with Crippen molar-refractivity contribution in [1.29, 1.82) is 0 Å². The first-order valence-electron chi connectivity index (χ1n) is 3.90. The fourth-order valence-corrected chi connectivity index (χ4v) is 1.75. The van der Waals surface area contributed by atoms with E-state index in [4.69, 9.17) is 5.73 Å². The number of nitrogens with two attached hydrogens (primary N) is 1. The van der Waals surface area contributed by atoms with Crippen molar-refractivity contribution in [2.75, 3.05) is 5.73 Å². The lowest BCUT2D eigenvalue weighted by atomic mass is 10.5. The maximum atomic E-state index is 11.4. The molecule has 14 heavy (non-hydrogen) atoms. The van der Waals surface area contributed by atoms with Gasteiger partial charge in [-0.05, 0) is 0 Å². The van der Waals surface area contributed by atoms with Crippen molar-refractivity contribution in [3.63, 3.8) is 0 Å². The van der Waals surface area contributed by atoms with Gasteiger partial charge in [-0.25, -0.2) is 4.98 Å². The van der Waals surface area contributed by atoms with Gasteiger partial charge < -0.3 is 10.3 Å². The van der Waals surface area contributed by atoms with Crippen LogP contribution in [-0.2, 0) is 12.4 Å². The maximum absolute atomic E-state index is 11.4. The average molecular weight is 258 g/mol. The number of hydrogen-bond donors (Lipinski definition) is 2. The number of imidazole rings is 1. The summed E-state index contributed by atoms with van der Waals surface area (Å²) in [7, 11) is 1.79. The van der Waals surface area contributed by atoms with Crippen LogP contribution in [0.15, 0.2) is 4.79 Å². The van der Waals surface area contributed by atoms with Crippen molar-refractivity contribution in [3.05, 3.63) is 16.2 Å². The van der Waals surface area contributed by atoms with Crippen LogP contribution in [0.25, 0.3) is 11.2 Å². The minimum Gasteiger partial charge on any atom is -0.369 e. The van der Waals surface area contributed by atoms with Crippen LogP contribution in [0.3, 0.4) is 0 Å². The molecule has 2 heterocycles. The van der Waals surface area contributed by atoms with Gasteiger partial charge in [-0.1, -0.05) is 15.9 Å². The Labute approximate surface area is 87.3 Å². The van der Waals surface area contributed by atoms with E-state index in [1.807, 2.05) is 0 Å². The van der Waals surface area contributed by atoms with Gasteiger partial charge in [-0.2, -0.15) is 4.98 Å². The van der Waals surface area contributed by atoms with E-state index in [1.165, 1.54) is 0 Å². The molecule has 2 rings (SSSR count). The molecule has 0 fully saturated rings. The number of alkyl halides is 1. The second kappa shape index (κ2) is 3.09. The van der Waals surface area contributed by atoms with Gasteiger partial charge in [0.15, 0.2) is 11.2 Å². The van der Waals surface area contributed by atoms with Crippen LogP contribution in [0, 0.1) is 0 Å². The summed E-state index contributed by atoms with van der Waals surface area (Å²) in [4.78, 5) is 21.9. The van der Waals surface area contributed by atoms with Gasteiger partial charge in [-0.3, -0.25) is 9.78 Å². The van der Waals surface area contributed by atoms with Gasteiger partial charge in [-0.15, -0.1) is 0 Å². The van der Waals surface area contributed by atoms with Gasteiger partial charge in [0.2, 0.25) is 5.95 Å². The molecule has 0 amide bonds. The highest BCUT2D eigenvalue weighted by Gasteiger charge is 2.11. The Kier molecular flexibility index (Phi) is 2.03. The van der Waals surface area contributed by atoms with E-state index in [9.17, 15) is 4.79 Å². The number of aromatic nitrogens is 4. The molecular weight excluding hydrogens is 250 g/mol. The minimum absolute atomic E-state index is 0.103. The molecule has 0 aliphatic heterocycles. The first-order chi connectivity index (χ1) is 6.63. The van der Waals surface area contributed by atoms with Gasteiger partial charge in [0.25, 0.3) is 5.56 Å². The molecule has 0 atom stereocenters. The number of aromatic amines is 1. The number of fused-ring (bicyclic) bond motifs is 1. The zero-order valence-corrected chi connectivity index (χ0v) is 9.00. The Balaban J connectivity index is 2.92. The molecule has 0 spiro atoms. The molecule has 0 aliphatic rings. The highest BCUT2D eigenvalue weighted by molar-refractivity contribution is 9.08. The van der Waals surface area contributed by atoms with Crippen molar-refractivity contribution in [1.82, 2.24) is 19.5 Å². The highest BCUT2D eigenvalue weighted by Crippen LogP contribution is 2.11. The SMILES string of the molecule is Cn1c(CBr)nc2c(=O)[nH]c(N)nc21. The molecule has 3 N–H and O–H groups in total. The average Bonchev–Trinajstić information content (AvgIpc) is 2.44. The van der Waals surface area contributed by atoms with Crippen LogP contribution in [-0.4, -0.2) is 19.5 Å². The number of hydrogen-bond acceptors (Lipinski definition) is 4. The van der Waals surface area contributed by atoms with Crippen LogP contribution in [0.1, 0.15) is 5.82 Å². The summed E-state index contributed by atoms with van der Waals surface area (Å²) in [6, 6.07) is 0. The van der Waals surface area contributed by atoms with Crippen molar-refractivity contribution >= 4 is 33.0 Å². The van der Waals surface area contributed by atoms with Crippen LogP contribution < -0.4 is 11.3 Å². The normalized spacial score (nSPS) is 11.0. The summed E-state index contributed by atoms with van der Waals surface area (Å²) in [5.74, 6) is 0.843. The van der Waals surface area contributed by atoms with Gasteiger partial charge in [0, 0.05) is 7.05 Å². The topological polar surface area (TPSA) is 89.6 Å². The van der Waals surface area contributed by atoms with E-state index in [0.29, 0.717) is 16.5 Å². The second-order valence-electron chi connectivity index (χ2n) is 2.84. The zero-order chi connectivity index (χ0) is 10.3. The summed E-state index contributed by atoms with van der Waals surface area (Å²) in [5, 5.41) is 0.569. The fraction of sp³-hybridized carbons (Fsp3) is 0.286. The monoisotopic (exact) mass is 257 g/mol. The van der Waals surface area contributed by atoms with E-state index >= 15 is 0 Å². The van der Waals surface area contributed by atoms with E-state index in [2.05, 4.69) is 30.9 Å². The quantitative estimate of drug-likeness (QED) is 0.711. The molecule has 0 radical (unpaired) electrons. The fourth-order valence-electron chi connectivity index (χ4n) is 1.25. The minimum atomic E-state index is -0.310. The molecule has 0 saturated heterocycles. The van der Waals surface area contributed by atoms with E-state index in [-0.39, 0.29) is 11.5 Å². The molecule has 2 aromatic heterocycles. The predicted octanol–water partition coefficient (Wildman–Crippen LogP) is 0.134. The Morgan fingerprint density at radius 3 is 2.93 bits per heavy atom. The Morgan fingerprint density at radius 1 is 1.57 bits per heavy atom. The highest BCUT2D eigenvalue weighted by atomic mass is 79.9. The largest absolute Gasteiger partial charge is 0.369 e. The number of nitrogen functional groups attached to an aromatic ring is 1. The summed E-state index contributed by atoms with van der Waals surface area (Å²) < 4.78 is 1.73. The number of nitrogens with one attached hydrogen (secondary N) is 1. The smallest absolute Gasteiger partial charge is 0.280 e. The maximum Gasteiger partial charge on any atom is 0.280 e. The first kappa shape index (κ1) is 9.20. The standard InChI is InChI=1S/C7H8BrN5O/c1-13-3(2-8)10-4-5(13)11-7(9)12-6(4)14/h2H2,1H3,(H3,9,11,12,14). The molecular formula is C7H8BrN5O. The third-order valence-electron chi connectivity index (χ3n) is 1.96. The molecule has 74 valence electrons. The van der Waals surface area contributed by atoms with E-state index < -0.39 is 0 Å². The Morgan fingerprint density at radius 2 is 2.29 bits per heavy atom. The molecule has 0 bridgehead atoms. The molecule has 7 heteroatoms. The van der Waals surface area contributed by atoms with E-state index in [0.717, 1.165) is 5.82 Å². The lowest BCUT2D eigenvalue weighted by molar-refractivity contribution is 0.867. The molecule has 0 unspecified atom stereocenters. The summed E-state index contributed by atoms with van der Waals surface area (Å²) in [6.07, 6.45) is 0. The summed E-state index contributed by atoms with van der Waals surface area (Å²) in [6.45, 7) is 0. The predicted molar refractivity (Wildman–Crippen MR) is 56.2 cm³/mol. The lowest BCUT2D eigenvalue weighted by Gasteiger charge is -1.96. The molecule has 0 aromatic carbocycles. The third kappa shape index (κ3) is 1.20. The van der Waals surface area contributed by atoms with Crippen LogP contribution in [0.2, 0.25) is 0 Å². The number of anilines is 1. The van der Waals surface area contributed by atoms with Crippen molar-refractivity contribution < 1.29 is 0 Å². The van der Waals surface area contributed by atoms with Gasteiger partial charge in [0.05, 0.1) is 5.33 Å².